The van der Waals surface area contributed by atoms with Crippen LogP contribution in [0.25, 0.3) is 0 Å². The molecule has 0 saturated carbocycles. The predicted octanol–water partition coefficient (Wildman–Crippen LogP) is 2.15. The molecule has 0 unspecified atom stereocenters. The van der Waals surface area contributed by atoms with Gasteiger partial charge in [-0.1, -0.05) is 0 Å². The lowest BCUT2D eigenvalue weighted by molar-refractivity contribution is 0.0697. The van der Waals surface area contributed by atoms with E-state index < -0.39 is 5.97 Å². The van der Waals surface area contributed by atoms with Crippen LogP contribution >= 0.6 is 0 Å². The van der Waals surface area contributed by atoms with Gasteiger partial charge in [0.15, 0.2) is 0 Å². The molecule has 0 atom stereocenters. The van der Waals surface area contributed by atoms with E-state index in [1.807, 2.05) is 6.07 Å². The highest BCUT2D eigenvalue weighted by Gasteiger charge is 2.01. The smallest absolute Gasteiger partial charge is 0.335 e. The summed E-state index contributed by atoms with van der Waals surface area (Å²) in [7, 11) is 0. The van der Waals surface area contributed by atoms with Crippen LogP contribution in [0, 0.1) is 0 Å². The summed E-state index contributed by atoms with van der Waals surface area (Å²) in [6.45, 7) is 1.95. The molecular weight excluding hydrogens is 246 g/mol. The van der Waals surface area contributed by atoms with E-state index in [0.717, 1.165) is 12.1 Å². The topological polar surface area (TPSA) is 71.7 Å². The van der Waals surface area contributed by atoms with E-state index in [1.165, 1.54) is 12.1 Å². The van der Waals surface area contributed by atoms with Gasteiger partial charge in [0.2, 0.25) is 0 Å². The second-order valence-corrected chi connectivity index (χ2v) is 3.99. The summed E-state index contributed by atoms with van der Waals surface area (Å²) in [6.07, 6.45) is 3.33. The zero-order valence-corrected chi connectivity index (χ0v) is 10.3. The van der Waals surface area contributed by atoms with Gasteiger partial charge in [-0.15, -0.1) is 0 Å². The van der Waals surface area contributed by atoms with Gasteiger partial charge in [0.05, 0.1) is 18.1 Å². The Balaban J connectivity index is 1.66. The Labute approximate surface area is 110 Å². The van der Waals surface area contributed by atoms with Crippen LogP contribution in [0.2, 0.25) is 0 Å². The highest BCUT2D eigenvalue weighted by molar-refractivity contribution is 5.87. The maximum absolute atomic E-state index is 10.7. The van der Waals surface area contributed by atoms with Crippen molar-refractivity contribution in [2.45, 2.75) is 6.54 Å². The number of furan rings is 1. The molecule has 1 heterocycles. The van der Waals surface area contributed by atoms with Crippen LogP contribution in [0.1, 0.15) is 15.9 Å². The third-order valence-electron chi connectivity index (χ3n) is 2.56. The first-order valence-corrected chi connectivity index (χ1v) is 5.93. The van der Waals surface area contributed by atoms with Gasteiger partial charge in [-0.05, 0) is 30.3 Å². The summed E-state index contributed by atoms with van der Waals surface area (Å²) in [5.74, 6) is -0.275. The number of carboxylic acid groups (broad SMARTS) is 1. The maximum atomic E-state index is 10.7. The molecule has 0 aliphatic heterocycles. The fraction of sp³-hybridized carbons (Fsp3) is 0.214. The van der Waals surface area contributed by atoms with E-state index in [4.69, 9.17) is 14.3 Å². The second kappa shape index (κ2) is 6.61. The fourth-order valence-corrected chi connectivity index (χ4v) is 1.56. The molecule has 0 spiro atoms. The SMILES string of the molecule is O=C(O)c1ccc(OCCNCc2ccoc2)cc1. The molecule has 0 fully saturated rings. The molecule has 0 saturated heterocycles. The van der Waals surface area contributed by atoms with Crippen LogP contribution in [-0.2, 0) is 6.54 Å². The molecule has 0 bridgehead atoms. The first kappa shape index (κ1) is 13.2. The quantitative estimate of drug-likeness (QED) is 0.747. The van der Waals surface area contributed by atoms with Gasteiger partial charge in [0.25, 0.3) is 0 Å². The standard InChI is InChI=1S/C14H15NO4/c16-14(17)12-1-3-13(4-2-12)19-8-6-15-9-11-5-7-18-10-11/h1-5,7,10,15H,6,8-9H2,(H,16,17). The fourth-order valence-electron chi connectivity index (χ4n) is 1.56. The van der Waals surface area contributed by atoms with Crippen molar-refractivity contribution in [2.24, 2.45) is 0 Å². The van der Waals surface area contributed by atoms with Crippen molar-refractivity contribution >= 4 is 5.97 Å². The number of hydrogen-bond donors (Lipinski definition) is 2. The van der Waals surface area contributed by atoms with Crippen LogP contribution in [0.4, 0.5) is 0 Å². The molecule has 0 amide bonds. The first-order chi connectivity index (χ1) is 9.25. The molecule has 0 aliphatic rings. The highest BCUT2D eigenvalue weighted by Crippen LogP contribution is 2.11. The van der Waals surface area contributed by atoms with E-state index >= 15 is 0 Å². The summed E-state index contributed by atoms with van der Waals surface area (Å²) in [4.78, 5) is 10.7. The summed E-state index contributed by atoms with van der Waals surface area (Å²) in [5.41, 5.74) is 1.34. The number of rotatable bonds is 7. The number of ether oxygens (including phenoxy) is 1. The van der Waals surface area contributed by atoms with Crippen molar-refractivity contribution in [3.05, 3.63) is 54.0 Å². The van der Waals surface area contributed by atoms with E-state index in [1.54, 1.807) is 24.7 Å². The molecule has 0 aliphatic carbocycles. The lowest BCUT2D eigenvalue weighted by Gasteiger charge is -2.07. The Hall–Kier alpha value is -2.27. The van der Waals surface area contributed by atoms with Gasteiger partial charge in [-0.25, -0.2) is 4.79 Å². The molecule has 2 N–H and O–H groups in total. The van der Waals surface area contributed by atoms with Crippen molar-refractivity contribution in [3.8, 4) is 5.75 Å². The van der Waals surface area contributed by atoms with Gasteiger partial charge < -0.3 is 19.6 Å². The van der Waals surface area contributed by atoms with Crippen LogP contribution in [0.15, 0.2) is 47.3 Å². The Morgan fingerprint density at radius 3 is 2.68 bits per heavy atom. The van der Waals surface area contributed by atoms with Crippen molar-refractivity contribution in [3.63, 3.8) is 0 Å². The van der Waals surface area contributed by atoms with Crippen molar-refractivity contribution in [1.82, 2.24) is 5.32 Å². The minimum absolute atomic E-state index is 0.255. The Morgan fingerprint density at radius 2 is 2.05 bits per heavy atom. The van der Waals surface area contributed by atoms with Crippen molar-refractivity contribution in [1.29, 1.82) is 0 Å². The molecule has 2 aromatic rings. The van der Waals surface area contributed by atoms with Crippen molar-refractivity contribution in [2.75, 3.05) is 13.2 Å². The summed E-state index contributed by atoms with van der Waals surface area (Å²) < 4.78 is 10.4. The van der Waals surface area contributed by atoms with E-state index in [9.17, 15) is 4.79 Å². The maximum Gasteiger partial charge on any atom is 0.335 e. The van der Waals surface area contributed by atoms with Gasteiger partial charge in [0.1, 0.15) is 12.4 Å². The molecule has 5 nitrogen and oxygen atoms in total. The van der Waals surface area contributed by atoms with Crippen LogP contribution < -0.4 is 10.1 Å². The minimum Gasteiger partial charge on any atom is -0.492 e. The zero-order chi connectivity index (χ0) is 13.5. The Bertz CT molecular complexity index is 505. The number of carbonyl (C=O) groups is 1. The number of hydrogen-bond acceptors (Lipinski definition) is 4. The molecule has 19 heavy (non-hydrogen) atoms. The lowest BCUT2D eigenvalue weighted by atomic mass is 10.2. The lowest BCUT2D eigenvalue weighted by Crippen LogP contribution is -2.20. The van der Waals surface area contributed by atoms with Gasteiger partial charge in [-0.3, -0.25) is 0 Å². The first-order valence-electron chi connectivity index (χ1n) is 5.93. The monoisotopic (exact) mass is 261 g/mol. The average molecular weight is 261 g/mol. The molecular formula is C14H15NO4. The minimum atomic E-state index is -0.937. The molecule has 100 valence electrons. The Morgan fingerprint density at radius 1 is 1.26 bits per heavy atom. The van der Waals surface area contributed by atoms with Crippen LogP contribution in [0.5, 0.6) is 5.75 Å². The number of benzene rings is 1. The number of aromatic carboxylic acids is 1. The summed E-state index contributed by atoms with van der Waals surface area (Å²) >= 11 is 0. The summed E-state index contributed by atoms with van der Waals surface area (Å²) in [6, 6.07) is 8.25. The number of carboxylic acids is 1. The van der Waals surface area contributed by atoms with Gasteiger partial charge in [-0.2, -0.15) is 0 Å². The zero-order valence-electron chi connectivity index (χ0n) is 10.3. The van der Waals surface area contributed by atoms with Crippen LogP contribution in [0.3, 0.4) is 0 Å². The predicted molar refractivity (Wildman–Crippen MR) is 69.3 cm³/mol. The highest BCUT2D eigenvalue weighted by atomic mass is 16.5. The summed E-state index contributed by atoms with van der Waals surface area (Å²) in [5, 5.41) is 12.0. The largest absolute Gasteiger partial charge is 0.492 e. The molecule has 0 radical (unpaired) electrons. The van der Waals surface area contributed by atoms with Crippen LogP contribution in [-0.4, -0.2) is 24.2 Å². The molecule has 1 aromatic carbocycles. The van der Waals surface area contributed by atoms with Crippen molar-refractivity contribution < 1.29 is 19.1 Å². The van der Waals surface area contributed by atoms with E-state index in [0.29, 0.717) is 18.9 Å². The van der Waals surface area contributed by atoms with E-state index in [-0.39, 0.29) is 5.56 Å². The molecule has 5 heteroatoms. The Kier molecular flexibility index (Phi) is 4.58. The molecule has 1 aromatic heterocycles. The third-order valence-corrected chi connectivity index (χ3v) is 2.56. The van der Waals surface area contributed by atoms with Gasteiger partial charge in [0, 0.05) is 18.7 Å². The normalized spacial score (nSPS) is 10.3. The van der Waals surface area contributed by atoms with Gasteiger partial charge >= 0.3 is 5.97 Å². The number of nitrogens with one attached hydrogen (secondary N) is 1. The average Bonchev–Trinajstić information content (AvgIpc) is 2.92. The van der Waals surface area contributed by atoms with E-state index in [2.05, 4.69) is 5.32 Å². The third kappa shape index (κ3) is 4.15. The molecule has 2 rings (SSSR count). The second-order valence-electron chi connectivity index (χ2n) is 3.99.